The molecule has 0 radical (unpaired) electrons. The number of aliphatic hydroxyl groups excluding tert-OH is 2. The lowest BCUT2D eigenvalue weighted by Gasteiger charge is -2.20. The zero-order valence-electron chi connectivity index (χ0n) is 55.0. The maximum absolute atomic E-state index is 12.4. The van der Waals surface area contributed by atoms with Gasteiger partial charge in [-0.05, 0) is 57.8 Å². The van der Waals surface area contributed by atoms with Crippen molar-refractivity contribution in [3.63, 3.8) is 0 Å². The molecule has 1 amide bonds. The van der Waals surface area contributed by atoms with Gasteiger partial charge < -0.3 is 20.3 Å². The number of hydrogen-bond acceptors (Lipinski definition) is 5. The molecule has 0 rings (SSSR count). The SMILES string of the molecule is CCCCCCCCC/C=C\CCCCCCCCCC(=O)OCCCCCCCCCCCCCCCCCCCCCCCCCCCCCCCCCCCCCCCC(=O)NC(CO)C(O)/C=C/CCCCCCCCC. The summed E-state index contributed by atoms with van der Waals surface area (Å²) >= 11 is 0. The van der Waals surface area contributed by atoms with Crippen LogP contribution < -0.4 is 5.32 Å². The van der Waals surface area contributed by atoms with E-state index in [-0.39, 0.29) is 18.5 Å². The van der Waals surface area contributed by atoms with Crippen molar-refractivity contribution in [1.29, 1.82) is 0 Å². The van der Waals surface area contributed by atoms with Crippen LogP contribution >= 0.6 is 0 Å². The Morgan fingerprint density at radius 1 is 0.333 bits per heavy atom. The molecule has 0 aromatic rings. The highest BCUT2D eigenvalue weighted by molar-refractivity contribution is 5.76. The van der Waals surface area contributed by atoms with E-state index in [1.807, 2.05) is 6.08 Å². The third-order valence-electron chi connectivity index (χ3n) is 17.5. The number of carbonyl (C=O) groups is 2. The molecule has 0 aliphatic carbocycles. The Morgan fingerprint density at radius 2 is 0.580 bits per heavy atom. The van der Waals surface area contributed by atoms with Gasteiger partial charge in [0.2, 0.25) is 5.91 Å². The number of hydrogen-bond donors (Lipinski definition) is 3. The molecule has 0 heterocycles. The largest absolute Gasteiger partial charge is 0.466 e. The normalized spacial score (nSPS) is 12.6. The third kappa shape index (κ3) is 67.3. The van der Waals surface area contributed by atoms with E-state index in [0.717, 1.165) is 38.5 Å². The summed E-state index contributed by atoms with van der Waals surface area (Å²) in [7, 11) is 0. The Morgan fingerprint density at radius 3 is 0.877 bits per heavy atom. The lowest BCUT2D eigenvalue weighted by molar-refractivity contribution is -0.143. The molecule has 81 heavy (non-hydrogen) atoms. The van der Waals surface area contributed by atoms with E-state index in [9.17, 15) is 19.8 Å². The van der Waals surface area contributed by atoms with Gasteiger partial charge in [0.15, 0.2) is 0 Å². The summed E-state index contributed by atoms with van der Waals surface area (Å²) in [5, 5.41) is 23.0. The molecule has 0 aliphatic heterocycles. The van der Waals surface area contributed by atoms with Crippen molar-refractivity contribution in [2.24, 2.45) is 0 Å². The minimum atomic E-state index is -0.837. The maximum Gasteiger partial charge on any atom is 0.305 e. The second-order valence-corrected chi connectivity index (χ2v) is 25.6. The molecule has 0 aromatic carbocycles. The molecule has 0 spiro atoms. The second-order valence-electron chi connectivity index (χ2n) is 25.6. The van der Waals surface area contributed by atoms with E-state index < -0.39 is 12.1 Å². The minimum absolute atomic E-state index is 0.0209. The Balaban J connectivity index is 3.27. The van der Waals surface area contributed by atoms with Gasteiger partial charge in [-0.1, -0.05) is 372 Å². The highest BCUT2D eigenvalue weighted by atomic mass is 16.5. The molecule has 6 nitrogen and oxygen atoms in total. The van der Waals surface area contributed by atoms with E-state index in [0.29, 0.717) is 19.4 Å². The number of carbonyl (C=O) groups excluding carboxylic acids is 2. The summed E-state index contributed by atoms with van der Waals surface area (Å²) in [5.41, 5.74) is 0. The van der Waals surface area contributed by atoms with Gasteiger partial charge in [0.05, 0.1) is 25.4 Å². The predicted molar refractivity (Wildman–Crippen MR) is 356 cm³/mol. The van der Waals surface area contributed by atoms with Gasteiger partial charge in [0, 0.05) is 12.8 Å². The van der Waals surface area contributed by atoms with E-state index in [1.54, 1.807) is 6.08 Å². The molecule has 2 unspecified atom stereocenters. The number of rotatable bonds is 70. The Bertz CT molecular complexity index is 1270. The van der Waals surface area contributed by atoms with Gasteiger partial charge in [0.1, 0.15) is 0 Å². The van der Waals surface area contributed by atoms with E-state index >= 15 is 0 Å². The summed E-state index contributed by atoms with van der Waals surface area (Å²) in [4.78, 5) is 24.5. The number of ether oxygens (including phenoxy) is 1. The van der Waals surface area contributed by atoms with E-state index in [1.165, 1.54) is 353 Å². The number of aliphatic hydroxyl groups is 2. The Kier molecular flexibility index (Phi) is 69.4. The number of allylic oxidation sites excluding steroid dienone is 3. The first-order chi connectivity index (χ1) is 40.0. The van der Waals surface area contributed by atoms with Crippen molar-refractivity contribution in [3.8, 4) is 0 Å². The van der Waals surface area contributed by atoms with Crippen LogP contribution in [-0.2, 0) is 14.3 Å². The lowest BCUT2D eigenvalue weighted by Crippen LogP contribution is -2.45. The molecule has 0 saturated carbocycles. The van der Waals surface area contributed by atoms with Crippen LogP contribution in [0.25, 0.3) is 0 Å². The molecule has 6 heteroatoms. The molecular weight excluding hydrogens is 995 g/mol. The number of amides is 1. The van der Waals surface area contributed by atoms with Crippen LogP contribution in [0.3, 0.4) is 0 Å². The van der Waals surface area contributed by atoms with Crippen molar-refractivity contribution in [2.75, 3.05) is 13.2 Å². The average Bonchev–Trinajstić information content (AvgIpc) is 3.47. The van der Waals surface area contributed by atoms with E-state index in [4.69, 9.17) is 4.74 Å². The van der Waals surface area contributed by atoms with Gasteiger partial charge in [-0.25, -0.2) is 0 Å². The van der Waals surface area contributed by atoms with Gasteiger partial charge in [-0.3, -0.25) is 9.59 Å². The third-order valence-corrected chi connectivity index (χ3v) is 17.5. The Labute approximate surface area is 507 Å². The summed E-state index contributed by atoms with van der Waals surface area (Å²) in [6.07, 6.45) is 90.2. The number of nitrogens with one attached hydrogen (secondary N) is 1. The van der Waals surface area contributed by atoms with Gasteiger partial charge in [0.25, 0.3) is 0 Å². The Hall–Kier alpha value is -1.66. The lowest BCUT2D eigenvalue weighted by atomic mass is 10.0. The highest BCUT2D eigenvalue weighted by Gasteiger charge is 2.18. The standard InChI is InChI=1S/C75H145NO5/c1-3-5-7-9-11-13-14-15-16-17-40-43-46-49-53-57-61-65-69-75(80)81-70-66-62-58-54-50-47-44-41-38-36-34-32-30-28-26-24-22-20-18-19-21-23-25-27-29-31-33-35-37-39-42-45-48-52-56-60-64-68-74(79)76-72(71-77)73(78)67-63-59-55-51-12-10-8-6-4-2/h16-17,63,67,72-73,77-78H,3-15,18-62,64-66,68-71H2,1-2H3,(H,76,79)/b17-16-,67-63+. The summed E-state index contributed by atoms with van der Waals surface area (Å²) in [6, 6.07) is -0.621. The topological polar surface area (TPSA) is 95.9 Å². The van der Waals surface area contributed by atoms with Crippen LogP contribution in [0.2, 0.25) is 0 Å². The second kappa shape index (κ2) is 70.8. The van der Waals surface area contributed by atoms with E-state index in [2.05, 4.69) is 31.3 Å². The fourth-order valence-corrected chi connectivity index (χ4v) is 11.8. The molecule has 0 bridgehead atoms. The van der Waals surface area contributed by atoms with Crippen LogP contribution in [0.15, 0.2) is 24.3 Å². The molecule has 0 aromatic heterocycles. The molecule has 480 valence electrons. The minimum Gasteiger partial charge on any atom is -0.466 e. The van der Waals surface area contributed by atoms with Crippen molar-refractivity contribution in [2.45, 2.75) is 431 Å². The quantitative estimate of drug-likeness (QED) is 0.0320. The summed E-state index contributed by atoms with van der Waals surface area (Å²) < 4.78 is 5.51. The molecule has 0 fully saturated rings. The van der Waals surface area contributed by atoms with Gasteiger partial charge >= 0.3 is 5.97 Å². The first-order valence-corrected chi connectivity index (χ1v) is 37.1. The summed E-state index contributed by atoms with van der Waals surface area (Å²) in [6.45, 7) is 4.91. The van der Waals surface area contributed by atoms with Gasteiger partial charge in [-0.15, -0.1) is 0 Å². The van der Waals surface area contributed by atoms with Crippen molar-refractivity contribution >= 4 is 11.9 Å². The zero-order valence-corrected chi connectivity index (χ0v) is 55.0. The molecule has 2 atom stereocenters. The van der Waals surface area contributed by atoms with Crippen molar-refractivity contribution < 1.29 is 24.5 Å². The summed E-state index contributed by atoms with van der Waals surface area (Å²) in [5.74, 6) is -0.0423. The molecule has 0 saturated heterocycles. The molecule has 0 aliphatic rings. The molecule has 3 N–H and O–H groups in total. The average molecular weight is 1140 g/mol. The van der Waals surface area contributed by atoms with Gasteiger partial charge in [-0.2, -0.15) is 0 Å². The predicted octanol–water partition coefficient (Wildman–Crippen LogP) is 24.1. The number of esters is 1. The van der Waals surface area contributed by atoms with Crippen LogP contribution in [0.5, 0.6) is 0 Å². The van der Waals surface area contributed by atoms with Crippen molar-refractivity contribution in [3.05, 3.63) is 24.3 Å². The fraction of sp³-hybridized carbons (Fsp3) is 0.920. The maximum atomic E-state index is 12.4. The highest BCUT2D eigenvalue weighted by Crippen LogP contribution is 2.19. The van der Waals surface area contributed by atoms with Crippen LogP contribution in [0.1, 0.15) is 418 Å². The number of unbranched alkanes of at least 4 members (excludes halogenated alkanes) is 57. The van der Waals surface area contributed by atoms with Crippen LogP contribution in [-0.4, -0.2) is 47.4 Å². The zero-order chi connectivity index (χ0) is 58.5. The fourth-order valence-electron chi connectivity index (χ4n) is 11.8. The van der Waals surface area contributed by atoms with Crippen LogP contribution in [0.4, 0.5) is 0 Å². The first kappa shape index (κ1) is 79.3. The van der Waals surface area contributed by atoms with Crippen molar-refractivity contribution in [1.82, 2.24) is 5.32 Å². The smallest absolute Gasteiger partial charge is 0.305 e. The monoisotopic (exact) mass is 1140 g/mol. The van der Waals surface area contributed by atoms with Crippen LogP contribution in [0, 0.1) is 0 Å². The first-order valence-electron chi connectivity index (χ1n) is 37.1. The molecular formula is C75H145NO5.